The van der Waals surface area contributed by atoms with Crippen molar-refractivity contribution in [2.75, 3.05) is 36.6 Å². The summed E-state index contributed by atoms with van der Waals surface area (Å²) >= 11 is 0. The number of hydrogen-bond donors (Lipinski definition) is 1. The van der Waals surface area contributed by atoms with E-state index in [1.807, 2.05) is 43.3 Å². The Morgan fingerprint density at radius 2 is 1.83 bits per heavy atom. The lowest BCUT2D eigenvalue weighted by atomic mass is 10.2. The van der Waals surface area contributed by atoms with Gasteiger partial charge in [0, 0.05) is 20.6 Å². The molecule has 1 aromatic carbocycles. The van der Waals surface area contributed by atoms with Crippen LogP contribution in [-0.4, -0.2) is 40.1 Å². The molecule has 1 N–H and O–H groups in total. The summed E-state index contributed by atoms with van der Waals surface area (Å²) in [7, 11) is 0.950. The maximum absolute atomic E-state index is 11.7. The molecule has 4 nitrogen and oxygen atoms in total. The summed E-state index contributed by atoms with van der Waals surface area (Å²) in [6, 6.07) is 7.86. The van der Waals surface area contributed by atoms with Crippen molar-refractivity contribution in [3.05, 3.63) is 24.3 Å². The molecule has 0 amide bonds. The van der Waals surface area contributed by atoms with Crippen molar-refractivity contribution in [3.63, 3.8) is 0 Å². The number of para-hydroxylation sites is 2. The first-order valence-corrected chi connectivity index (χ1v) is 7.78. The zero-order valence-corrected chi connectivity index (χ0v) is 12.3. The second kappa shape index (κ2) is 6.09. The number of hydrogen-bond acceptors (Lipinski definition) is 4. The average Bonchev–Trinajstić information content (AvgIpc) is 2.29. The molecule has 0 spiro atoms. The maximum atomic E-state index is 11.7. The van der Waals surface area contributed by atoms with E-state index in [0.717, 1.165) is 11.4 Å². The summed E-state index contributed by atoms with van der Waals surface area (Å²) in [5, 5.41) is 2.87. The molecule has 18 heavy (non-hydrogen) atoms. The molecule has 0 saturated heterocycles. The molecule has 0 atom stereocenters. The summed E-state index contributed by atoms with van der Waals surface area (Å²) in [6.07, 6.45) is 0. The second-order valence-corrected chi connectivity index (χ2v) is 7.43. The van der Waals surface area contributed by atoms with Crippen LogP contribution in [0.5, 0.6) is 0 Å². The van der Waals surface area contributed by atoms with E-state index in [2.05, 4.69) is 5.32 Å². The van der Waals surface area contributed by atoms with E-state index in [-0.39, 0.29) is 11.0 Å². The Labute approximate surface area is 110 Å². The summed E-state index contributed by atoms with van der Waals surface area (Å²) < 4.78 is 23.4. The summed E-state index contributed by atoms with van der Waals surface area (Å²) in [5.41, 5.74) is 2.01. The molecular weight excluding hydrogens is 248 g/mol. The van der Waals surface area contributed by atoms with Crippen molar-refractivity contribution in [1.29, 1.82) is 0 Å². The molecule has 0 heterocycles. The summed E-state index contributed by atoms with van der Waals surface area (Å²) in [6.45, 7) is 3.86. The minimum absolute atomic E-state index is 0.159. The number of nitrogens with one attached hydrogen (secondary N) is 1. The first kappa shape index (κ1) is 14.8. The zero-order valence-electron chi connectivity index (χ0n) is 11.5. The highest BCUT2D eigenvalue weighted by Crippen LogP contribution is 2.23. The highest BCUT2D eigenvalue weighted by atomic mass is 32.2. The van der Waals surface area contributed by atoms with Crippen LogP contribution in [0, 0.1) is 0 Å². The zero-order chi connectivity index (χ0) is 13.8. The number of anilines is 2. The van der Waals surface area contributed by atoms with Gasteiger partial charge in [-0.15, -0.1) is 0 Å². The van der Waals surface area contributed by atoms with Gasteiger partial charge in [-0.2, -0.15) is 0 Å². The first-order chi connectivity index (χ1) is 8.34. The Morgan fingerprint density at radius 1 is 1.22 bits per heavy atom. The number of nitrogens with zero attached hydrogens (tertiary/aromatic N) is 1. The Balaban J connectivity index is 2.65. The third kappa shape index (κ3) is 3.91. The second-order valence-electron chi connectivity index (χ2n) is 4.75. The van der Waals surface area contributed by atoms with Gasteiger partial charge in [0.25, 0.3) is 0 Å². The highest BCUT2D eigenvalue weighted by Gasteiger charge is 2.15. The lowest BCUT2D eigenvalue weighted by molar-refractivity contribution is 0.588. The average molecular weight is 270 g/mol. The molecule has 0 aliphatic carbocycles. The largest absolute Gasteiger partial charge is 0.382 e. The molecular formula is C13H22N2O2S. The van der Waals surface area contributed by atoms with E-state index in [1.54, 1.807) is 13.8 Å². The minimum atomic E-state index is -2.98. The van der Waals surface area contributed by atoms with E-state index in [1.165, 1.54) is 0 Å². The molecule has 5 heteroatoms. The molecule has 0 aromatic heterocycles. The van der Waals surface area contributed by atoms with Crippen LogP contribution < -0.4 is 10.2 Å². The van der Waals surface area contributed by atoms with E-state index in [0.29, 0.717) is 6.54 Å². The van der Waals surface area contributed by atoms with Gasteiger partial charge < -0.3 is 10.2 Å². The Kier molecular flexibility index (Phi) is 5.02. The van der Waals surface area contributed by atoms with Crippen molar-refractivity contribution in [2.45, 2.75) is 19.1 Å². The predicted octanol–water partition coefficient (Wildman–Crippen LogP) is 1.99. The fourth-order valence-corrected chi connectivity index (χ4v) is 2.43. The topological polar surface area (TPSA) is 49.4 Å². The standard InChI is InChI=1S/C13H22N2O2S/c1-11(2)18(16,17)10-9-14-12-7-5-6-8-13(12)15(3)4/h5-8,11,14H,9-10H2,1-4H3. The number of rotatable bonds is 6. The maximum Gasteiger partial charge on any atom is 0.154 e. The van der Waals surface area contributed by atoms with Gasteiger partial charge >= 0.3 is 0 Å². The van der Waals surface area contributed by atoms with E-state index >= 15 is 0 Å². The number of sulfone groups is 1. The Morgan fingerprint density at radius 3 is 2.39 bits per heavy atom. The van der Waals surface area contributed by atoms with Crippen molar-refractivity contribution in [1.82, 2.24) is 0 Å². The van der Waals surface area contributed by atoms with Crippen LogP contribution in [0.25, 0.3) is 0 Å². The van der Waals surface area contributed by atoms with Gasteiger partial charge in [0.15, 0.2) is 9.84 Å². The normalized spacial score (nSPS) is 11.6. The SMILES string of the molecule is CC(C)S(=O)(=O)CCNc1ccccc1N(C)C. The molecule has 0 saturated carbocycles. The monoisotopic (exact) mass is 270 g/mol. The quantitative estimate of drug-likeness (QED) is 0.859. The molecule has 0 fully saturated rings. The van der Waals surface area contributed by atoms with E-state index in [4.69, 9.17) is 0 Å². The number of benzene rings is 1. The highest BCUT2D eigenvalue weighted by molar-refractivity contribution is 7.92. The van der Waals surface area contributed by atoms with Gasteiger partial charge in [0.1, 0.15) is 0 Å². The van der Waals surface area contributed by atoms with Crippen LogP contribution in [-0.2, 0) is 9.84 Å². The lowest BCUT2D eigenvalue weighted by Crippen LogP contribution is -2.23. The molecule has 1 aromatic rings. The van der Waals surface area contributed by atoms with Crippen molar-refractivity contribution in [3.8, 4) is 0 Å². The van der Waals surface area contributed by atoms with Crippen molar-refractivity contribution in [2.24, 2.45) is 0 Å². The van der Waals surface area contributed by atoms with Crippen molar-refractivity contribution < 1.29 is 8.42 Å². The molecule has 0 bridgehead atoms. The Hall–Kier alpha value is -1.23. The van der Waals surface area contributed by atoms with Gasteiger partial charge in [-0.1, -0.05) is 12.1 Å². The van der Waals surface area contributed by atoms with Crippen LogP contribution in [0.2, 0.25) is 0 Å². The third-order valence-corrected chi connectivity index (χ3v) is 5.02. The van der Waals surface area contributed by atoms with Crippen LogP contribution in [0.1, 0.15) is 13.8 Å². The Bertz CT molecular complexity index is 482. The summed E-state index contributed by atoms with van der Waals surface area (Å²) in [5.74, 6) is 0.159. The lowest BCUT2D eigenvalue weighted by Gasteiger charge is -2.18. The van der Waals surface area contributed by atoms with Crippen LogP contribution in [0.3, 0.4) is 0 Å². The van der Waals surface area contributed by atoms with Gasteiger partial charge in [-0.25, -0.2) is 8.42 Å². The fourth-order valence-electron chi connectivity index (χ4n) is 1.58. The van der Waals surface area contributed by atoms with Gasteiger partial charge in [-0.3, -0.25) is 0 Å². The van der Waals surface area contributed by atoms with Gasteiger partial charge in [0.05, 0.1) is 22.4 Å². The third-order valence-electron chi connectivity index (χ3n) is 2.81. The minimum Gasteiger partial charge on any atom is -0.382 e. The van der Waals surface area contributed by atoms with Crippen molar-refractivity contribution >= 4 is 21.2 Å². The molecule has 0 aliphatic rings. The van der Waals surface area contributed by atoms with Crippen LogP contribution in [0.15, 0.2) is 24.3 Å². The molecule has 0 unspecified atom stereocenters. The predicted molar refractivity (Wildman–Crippen MR) is 78.2 cm³/mol. The fraction of sp³-hybridized carbons (Fsp3) is 0.538. The van der Waals surface area contributed by atoms with Crippen LogP contribution in [0.4, 0.5) is 11.4 Å². The van der Waals surface area contributed by atoms with Gasteiger partial charge in [0.2, 0.25) is 0 Å². The molecule has 0 aliphatic heterocycles. The summed E-state index contributed by atoms with van der Waals surface area (Å²) in [4.78, 5) is 2.00. The van der Waals surface area contributed by atoms with Gasteiger partial charge in [-0.05, 0) is 26.0 Å². The van der Waals surface area contributed by atoms with E-state index in [9.17, 15) is 8.42 Å². The molecule has 1 rings (SSSR count). The molecule has 0 radical (unpaired) electrons. The van der Waals surface area contributed by atoms with E-state index < -0.39 is 9.84 Å². The smallest absolute Gasteiger partial charge is 0.154 e. The van der Waals surface area contributed by atoms with Crippen LogP contribution >= 0.6 is 0 Å². The molecule has 102 valence electrons. The first-order valence-electron chi connectivity index (χ1n) is 6.06.